The average Bonchev–Trinajstić information content (AvgIpc) is 2.52. The lowest BCUT2D eigenvalue weighted by molar-refractivity contribution is 0.437. The summed E-state index contributed by atoms with van der Waals surface area (Å²) in [4.78, 5) is 0. The van der Waals surface area contributed by atoms with Crippen LogP contribution in [0.25, 0.3) is 0 Å². The van der Waals surface area contributed by atoms with Crippen LogP contribution < -0.4 is 21.2 Å². The third kappa shape index (κ3) is 6.77. The summed E-state index contributed by atoms with van der Waals surface area (Å²) >= 11 is 0. The van der Waals surface area contributed by atoms with Gasteiger partial charge in [0.1, 0.15) is 0 Å². The van der Waals surface area contributed by atoms with Gasteiger partial charge in [-0.1, -0.05) is 60.7 Å². The van der Waals surface area contributed by atoms with E-state index in [-0.39, 0.29) is 13.1 Å². The highest BCUT2D eigenvalue weighted by Crippen LogP contribution is 2.50. The van der Waals surface area contributed by atoms with Crippen molar-refractivity contribution in [1.29, 1.82) is 0 Å². The molecule has 7 nitrogen and oxygen atoms in total. The molecule has 2 aromatic carbocycles. The van der Waals surface area contributed by atoms with Crippen molar-refractivity contribution >= 4 is 15.3 Å². The lowest BCUT2D eigenvalue weighted by atomic mass is 10.2. The second-order valence-corrected chi connectivity index (χ2v) is 8.59. The first-order valence-corrected chi connectivity index (χ1v) is 10.3. The molecule has 124 valence electrons. The largest absolute Gasteiger partial charge is 0.345 e. The van der Waals surface area contributed by atoms with E-state index in [9.17, 15) is 9.13 Å². The third-order valence-electron chi connectivity index (χ3n) is 2.94. The lowest BCUT2D eigenvalue weighted by Crippen LogP contribution is -2.23. The molecule has 6 N–H and O–H groups in total. The number of nitrogens with one attached hydrogen (secondary N) is 2. The first-order valence-electron chi connectivity index (χ1n) is 6.93. The van der Waals surface area contributed by atoms with E-state index in [1.165, 1.54) is 0 Å². The Bertz CT molecular complexity index is 651. The van der Waals surface area contributed by atoms with Crippen LogP contribution in [0, 0.1) is 0 Å². The topological polar surface area (TPSA) is 119 Å². The summed E-state index contributed by atoms with van der Waals surface area (Å²) in [7, 11) is -7.60. The summed E-state index contributed by atoms with van der Waals surface area (Å²) < 4.78 is 29.2. The fourth-order valence-electron chi connectivity index (χ4n) is 1.83. The van der Waals surface area contributed by atoms with Crippen LogP contribution >= 0.6 is 15.3 Å². The predicted molar refractivity (Wildman–Crippen MR) is 91.2 cm³/mol. The molecule has 23 heavy (non-hydrogen) atoms. The van der Waals surface area contributed by atoms with E-state index >= 15 is 0 Å². The summed E-state index contributed by atoms with van der Waals surface area (Å²) in [6, 6.07) is 18.4. The molecular weight excluding hydrogens is 334 g/mol. The van der Waals surface area contributed by atoms with Gasteiger partial charge in [0.2, 0.25) is 0 Å². The molecule has 0 aliphatic rings. The zero-order chi connectivity index (χ0) is 16.8. The van der Waals surface area contributed by atoms with Gasteiger partial charge in [-0.25, -0.2) is 25.5 Å². The highest BCUT2D eigenvalue weighted by Gasteiger charge is 2.28. The maximum absolute atomic E-state index is 12.2. The van der Waals surface area contributed by atoms with E-state index in [0.717, 1.165) is 11.1 Å². The summed E-state index contributed by atoms with van der Waals surface area (Å²) in [6.45, 7) is 0.431. The third-order valence-corrected chi connectivity index (χ3v) is 6.07. The molecule has 0 aliphatic heterocycles. The van der Waals surface area contributed by atoms with E-state index in [2.05, 4.69) is 10.2 Å². The van der Waals surface area contributed by atoms with Gasteiger partial charge in [-0.3, -0.25) is 9.13 Å². The number of rotatable bonds is 8. The minimum absolute atomic E-state index is 0.216. The minimum Gasteiger partial charge on any atom is -0.256 e. The van der Waals surface area contributed by atoms with Crippen LogP contribution in [0.15, 0.2) is 60.7 Å². The zero-order valence-electron chi connectivity index (χ0n) is 12.5. The van der Waals surface area contributed by atoms with Gasteiger partial charge in [-0.05, 0) is 11.1 Å². The van der Waals surface area contributed by atoms with Crippen molar-refractivity contribution < 1.29 is 13.4 Å². The van der Waals surface area contributed by atoms with E-state index in [1.807, 2.05) is 60.7 Å². The Balaban J connectivity index is 1.87. The van der Waals surface area contributed by atoms with Gasteiger partial charge < -0.3 is 0 Å². The van der Waals surface area contributed by atoms with Crippen LogP contribution in [-0.2, 0) is 26.5 Å². The van der Waals surface area contributed by atoms with Crippen molar-refractivity contribution in [1.82, 2.24) is 10.2 Å². The summed E-state index contributed by atoms with van der Waals surface area (Å²) in [6.07, 6.45) is 0. The maximum Gasteiger partial charge on any atom is 0.345 e. The standard InChI is InChI=1S/C14H20N4O3P2/c15-22(19,17-11-13-7-3-1-4-8-13)21-23(16,20)18-12-14-9-5-2-6-10-14/h1-10H,11-12H2,(H3,15,17,19)(H3,16,18,20). The van der Waals surface area contributed by atoms with Gasteiger partial charge in [-0.2, -0.15) is 0 Å². The molecule has 0 aromatic heterocycles. The lowest BCUT2D eigenvalue weighted by Gasteiger charge is -2.20. The van der Waals surface area contributed by atoms with Crippen molar-refractivity contribution in [2.45, 2.75) is 13.1 Å². The van der Waals surface area contributed by atoms with E-state index in [4.69, 9.17) is 15.3 Å². The molecule has 0 saturated heterocycles. The van der Waals surface area contributed by atoms with Crippen molar-refractivity contribution in [2.75, 3.05) is 0 Å². The van der Waals surface area contributed by atoms with Crippen molar-refractivity contribution in [3.8, 4) is 0 Å². The Hall–Kier alpha value is -1.30. The highest BCUT2D eigenvalue weighted by atomic mass is 31.3. The Labute approximate surface area is 135 Å². The summed E-state index contributed by atoms with van der Waals surface area (Å²) in [5.41, 5.74) is 12.8. The predicted octanol–water partition coefficient (Wildman–Crippen LogP) is 2.72. The molecule has 9 heteroatoms. The van der Waals surface area contributed by atoms with Gasteiger partial charge >= 0.3 is 15.3 Å². The average molecular weight is 354 g/mol. The fourth-order valence-corrected chi connectivity index (χ4v) is 4.54. The molecule has 2 aromatic rings. The Morgan fingerprint density at radius 1 is 0.739 bits per heavy atom. The first-order chi connectivity index (χ1) is 10.9. The van der Waals surface area contributed by atoms with Crippen molar-refractivity contribution in [3.05, 3.63) is 71.8 Å². The Kier molecular flexibility index (Phi) is 6.27. The van der Waals surface area contributed by atoms with E-state index < -0.39 is 15.3 Å². The number of nitrogens with two attached hydrogens (primary N) is 2. The second kappa shape index (κ2) is 7.99. The van der Waals surface area contributed by atoms with Crippen LogP contribution in [0.4, 0.5) is 0 Å². The van der Waals surface area contributed by atoms with Crippen LogP contribution in [0.1, 0.15) is 11.1 Å². The van der Waals surface area contributed by atoms with Crippen LogP contribution in [0.3, 0.4) is 0 Å². The molecule has 2 rings (SSSR count). The Morgan fingerprint density at radius 2 is 1.09 bits per heavy atom. The molecule has 2 atom stereocenters. The van der Waals surface area contributed by atoms with Gasteiger partial charge in [0.25, 0.3) is 0 Å². The van der Waals surface area contributed by atoms with Gasteiger partial charge in [0, 0.05) is 13.1 Å². The molecule has 0 bridgehead atoms. The molecule has 0 spiro atoms. The molecule has 0 saturated carbocycles. The summed E-state index contributed by atoms with van der Waals surface area (Å²) in [5, 5.41) is 5.10. The van der Waals surface area contributed by atoms with Gasteiger partial charge in [-0.15, -0.1) is 0 Å². The van der Waals surface area contributed by atoms with Crippen molar-refractivity contribution in [2.24, 2.45) is 11.0 Å². The van der Waals surface area contributed by atoms with Crippen LogP contribution in [0.2, 0.25) is 0 Å². The highest BCUT2D eigenvalue weighted by molar-refractivity contribution is 7.67. The minimum atomic E-state index is -3.80. The zero-order valence-corrected chi connectivity index (χ0v) is 14.3. The molecule has 0 amide bonds. The van der Waals surface area contributed by atoms with Crippen LogP contribution in [-0.4, -0.2) is 0 Å². The van der Waals surface area contributed by atoms with Gasteiger partial charge in [0.15, 0.2) is 0 Å². The SMILES string of the molecule is NP(=O)(NCc1ccccc1)OP(N)(=O)NCc1ccccc1. The Morgan fingerprint density at radius 3 is 1.43 bits per heavy atom. The number of benzene rings is 2. The van der Waals surface area contributed by atoms with Crippen molar-refractivity contribution in [3.63, 3.8) is 0 Å². The maximum atomic E-state index is 12.2. The molecule has 0 aliphatic carbocycles. The quantitative estimate of drug-likeness (QED) is 0.538. The molecule has 0 heterocycles. The normalized spacial score (nSPS) is 16.4. The number of hydrogen-bond acceptors (Lipinski definition) is 3. The molecule has 0 radical (unpaired) electrons. The smallest absolute Gasteiger partial charge is 0.256 e. The van der Waals surface area contributed by atoms with Gasteiger partial charge in [0.05, 0.1) is 0 Å². The number of hydrogen-bond donors (Lipinski definition) is 4. The second-order valence-electron chi connectivity index (χ2n) is 4.92. The van der Waals surface area contributed by atoms with Crippen LogP contribution in [0.5, 0.6) is 0 Å². The monoisotopic (exact) mass is 354 g/mol. The van der Waals surface area contributed by atoms with E-state index in [0.29, 0.717) is 0 Å². The molecule has 2 unspecified atom stereocenters. The first kappa shape index (κ1) is 18.0. The molecular formula is C14H20N4O3P2. The summed E-state index contributed by atoms with van der Waals surface area (Å²) in [5.74, 6) is 0. The molecule has 0 fully saturated rings. The fraction of sp³-hybridized carbons (Fsp3) is 0.143. The van der Waals surface area contributed by atoms with E-state index in [1.54, 1.807) is 0 Å².